The maximum absolute atomic E-state index is 14.4. The van der Waals surface area contributed by atoms with E-state index in [4.69, 9.17) is 4.74 Å². The number of rotatable bonds is 4. The van der Waals surface area contributed by atoms with Gasteiger partial charge >= 0.3 is 5.97 Å². The molecule has 0 aromatic carbocycles. The van der Waals surface area contributed by atoms with Crippen LogP contribution in [-0.2, 0) is 14.3 Å². The van der Waals surface area contributed by atoms with Crippen LogP contribution in [-0.4, -0.2) is 29.6 Å². The van der Waals surface area contributed by atoms with Gasteiger partial charge in [-0.1, -0.05) is 60.5 Å². The van der Waals surface area contributed by atoms with Gasteiger partial charge in [-0.05, 0) is 116 Å². The summed E-state index contributed by atoms with van der Waals surface area (Å²) in [4.78, 5) is 27.7. The van der Waals surface area contributed by atoms with Gasteiger partial charge in [0.05, 0.1) is 18.1 Å². The minimum absolute atomic E-state index is 0.00684. The number of aliphatic hydroxyl groups excluding tert-OH is 1. The first-order chi connectivity index (χ1) is 17.6. The van der Waals surface area contributed by atoms with Crippen molar-refractivity contribution in [3.05, 3.63) is 11.6 Å². The predicted molar refractivity (Wildman–Crippen MR) is 151 cm³/mol. The highest BCUT2D eigenvalue weighted by atomic mass is 16.5. The molecule has 4 saturated carbocycles. The molecular weight excluding hydrogens is 472 g/mol. The minimum Gasteiger partial charge on any atom is -0.465 e. The van der Waals surface area contributed by atoms with Crippen LogP contribution in [0.3, 0.4) is 0 Å². The zero-order valence-electron chi connectivity index (χ0n) is 25.5. The van der Waals surface area contributed by atoms with E-state index in [-0.39, 0.29) is 51.0 Å². The maximum atomic E-state index is 14.4. The monoisotopic (exact) mass is 526 g/mol. The molecule has 0 aromatic heterocycles. The molecule has 0 radical (unpaired) electrons. The highest BCUT2D eigenvalue weighted by Crippen LogP contribution is 2.75. The summed E-state index contributed by atoms with van der Waals surface area (Å²) in [7, 11) is 0. The predicted octanol–water partition coefficient (Wildman–Crippen LogP) is 7.67. The zero-order chi connectivity index (χ0) is 27.9. The number of allylic oxidation sites excluding steroid dienone is 2. The largest absolute Gasteiger partial charge is 0.465 e. The highest BCUT2D eigenvalue weighted by molar-refractivity contribution is 5.95. The second-order valence-electron chi connectivity index (χ2n) is 16.1. The molecule has 0 saturated heterocycles. The van der Waals surface area contributed by atoms with Crippen LogP contribution >= 0.6 is 0 Å². The molecule has 0 heterocycles. The lowest BCUT2D eigenvalue weighted by atomic mass is 9.33. The van der Waals surface area contributed by atoms with Crippen LogP contribution < -0.4 is 0 Å². The number of carbonyl (C=O) groups is 2. The van der Waals surface area contributed by atoms with E-state index in [2.05, 4.69) is 61.5 Å². The Hall–Kier alpha value is -1.16. The van der Waals surface area contributed by atoms with E-state index in [1.54, 1.807) is 0 Å². The van der Waals surface area contributed by atoms with E-state index >= 15 is 0 Å². The molecule has 214 valence electrons. The summed E-state index contributed by atoms with van der Waals surface area (Å²) in [6.45, 7) is 18.9. The van der Waals surface area contributed by atoms with Crippen molar-refractivity contribution in [1.82, 2.24) is 0 Å². The average Bonchev–Trinajstić information content (AvgIpc) is 2.84. The normalized spacial score (nSPS) is 49.6. The lowest BCUT2D eigenvalue weighted by molar-refractivity contribution is -0.202. The number of aliphatic hydroxyl groups is 1. The molecule has 0 aromatic rings. The van der Waals surface area contributed by atoms with Gasteiger partial charge in [0.2, 0.25) is 0 Å². The SMILES string of the molecule is CCCCOC(=O)[C@@]1(C)CC[C@]2(C)CC[C@]3(C)C(=CC(=O)[C@@H]4[C@@]5(C)CC[C@H](O)C(C)(C)[C@@H]5CC[C@]43C)[C@@H]2C1. The maximum Gasteiger partial charge on any atom is 0.311 e. The van der Waals surface area contributed by atoms with E-state index in [0.29, 0.717) is 18.3 Å². The average molecular weight is 527 g/mol. The Morgan fingerprint density at radius 2 is 1.66 bits per heavy atom. The molecule has 0 unspecified atom stereocenters. The summed E-state index contributed by atoms with van der Waals surface area (Å²) in [5, 5.41) is 10.9. The molecule has 0 aliphatic heterocycles. The zero-order valence-corrected chi connectivity index (χ0v) is 25.5. The summed E-state index contributed by atoms with van der Waals surface area (Å²) >= 11 is 0. The summed E-state index contributed by atoms with van der Waals surface area (Å²) in [6, 6.07) is 0. The smallest absolute Gasteiger partial charge is 0.311 e. The second-order valence-corrected chi connectivity index (χ2v) is 16.1. The Labute approximate surface area is 231 Å². The Kier molecular flexibility index (Phi) is 6.66. The van der Waals surface area contributed by atoms with E-state index in [9.17, 15) is 14.7 Å². The summed E-state index contributed by atoms with van der Waals surface area (Å²) in [5.41, 5.74) is 0.583. The number of fused-ring (bicyclic) bond motifs is 7. The van der Waals surface area contributed by atoms with Crippen LogP contribution in [0.25, 0.3) is 0 Å². The number of unbranched alkanes of at least 4 members (excludes halogenated alkanes) is 1. The van der Waals surface area contributed by atoms with Crippen LogP contribution in [0.4, 0.5) is 0 Å². The van der Waals surface area contributed by atoms with E-state index in [1.807, 2.05) is 0 Å². The quantitative estimate of drug-likeness (QED) is 0.301. The van der Waals surface area contributed by atoms with Gasteiger partial charge in [0.25, 0.3) is 0 Å². The van der Waals surface area contributed by atoms with Crippen LogP contribution in [0, 0.1) is 50.2 Å². The van der Waals surface area contributed by atoms with Crippen LogP contribution in [0.2, 0.25) is 0 Å². The highest BCUT2D eigenvalue weighted by Gasteiger charge is 2.70. The number of ketones is 1. The van der Waals surface area contributed by atoms with Crippen molar-refractivity contribution in [2.45, 2.75) is 132 Å². The Morgan fingerprint density at radius 3 is 2.34 bits per heavy atom. The molecule has 4 nitrogen and oxygen atoms in total. The number of ether oxygens (including phenoxy) is 1. The number of hydrogen-bond acceptors (Lipinski definition) is 4. The standard InChI is InChI=1S/C34H54O4/c1-9-10-19-38-28(37)31(5)16-15-30(4)17-18-33(7)22(23(30)21-31)20-24(35)27-32(6)13-12-26(36)29(2,3)25(32)11-14-34(27,33)8/h20,23,25-27,36H,9-19,21H2,1-8H3/t23-,25-,26-,27+,30+,31-,32-,33+,34+/m0/s1. The third-order valence-corrected chi connectivity index (χ3v) is 13.8. The first-order valence-electron chi connectivity index (χ1n) is 15.7. The van der Waals surface area contributed by atoms with Crippen molar-refractivity contribution in [1.29, 1.82) is 0 Å². The molecule has 0 amide bonds. The molecule has 4 fully saturated rings. The fraction of sp³-hybridized carbons (Fsp3) is 0.882. The molecular formula is C34H54O4. The van der Waals surface area contributed by atoms with Gasteiger partial charge < -0.3 is 9.84 Å². The first-order valence-corrected chi connectivity index (χ1v) is 15.7. The number of hydrogen-bond donors (Lipinski definition) is 1. The molecule has 9 atom stereocenters. The lowest BCUT2D eigenvalue weighted by Gasteiger charge is -2.70. The van der Waals surface area contributed by atoms with Crippen molar-refractivity contribution in [2.75, 3.05) is 6.61 Å². The van der Waals surface area contributed by atoms with Crippen LogP contribution in [0.5, 0.6) is 0 Å². The molecule has 5 rings (SSSR count). The Balaban J connectivity index is 1.53. The van der Waals surface area contributed by atoms with Gasteiger partial charge in [0, 0.05) is 5.92 Å². The fourth-order valence-electron chi connectivity index (χ4n) is 10.8. The van der Waals surface area contributed by atoms with E-state index in [1.165, 1.54) is 5.57 Å². The number of carbonyl (C=O) groups excluding carboxylic acids is 2. The lowest BCUT2D eigenvalue weighted by Crippen LogP contribution is -2.66. The van der Waals surface area contributed by atoms with Crippen molar-refractivity contribution < 1.29 is 19.4 Å². The molecule has 5 aliphatic rings. The van der Waals surface area contributed by atoms with Gasteiger partial charge in [-0.2, -0.15) is 0 Å². The molecule has 1 N–H and O–H groups in total. The Bertz CT molecular complexity index is 1030. The summed E-state index contributed by atoms with van der Waals surface area (Å²) < 4.78 is 5.78. The van der Waals surface area contributed by atoms with Crippen LogP contribution in [0.1, 0.15) is 126 Å². The first kappa shape index (κ1) is 28.4. The Morgan fingerprint density at radius 1 is 0.974 bits per heavy atom. The van der Waals surface area contributed by atoms with Crippen molar-refractivity contribution in [3.63, 3.8) is 0 Å². The van der Waals surface area contributed by atoms with Gasteiger partial charge in [0.1, 0.15) is 0 Å². The van der Waals surface area contributed by atoms with Gasteiger partial charge in [-0.3, -0.25) is 9.59 Å². The topological polar surface area (TPSA) is 63.6 Å². The third kappa shape index (κ3) is 3.70. The summed E-state index contributed by atoms with van der Waals surface area (Å²) in [6.07, 6.45) is 12.5. The van der Waals surface area contributed by atoms with Crippen LogP contribution in [0.15, 0.2) is 11.6 Å². The van der Waals surface area contributed by atoms with Gasteiger partial charge in [-0.25, -0.2) is 0 Å². The van der Waals surface area contributed by atoms with E-state index < -0.39 is 5.41 Å². The van der Waals surface area contributed by atoms with Crippen molar-refractivity contribution >= 4 is 11.8 Å². The molecule has 0 spiro atoms. The third-order valence-electron chi connectivity index (χ3n) is 13.8. The molecule has 4 heteroatoms. The second kappa shape index (κ2) is 8.92. The fourth-order valence-corrected chi connectivity index (χ4v) is 10.8. The van der Waals surface area contributed by atoms with Gasteiger partial charge in [0.15, 0.2) is 5.78 Å². The minimum atomic E-state index is -0.481. The van der Waals surface area contributed by atoms with Crippen molar-refractivity contribution in [2.24, 2.45) is 50.2 Å². The molecule has 5 aliphatic carbocycles. The molecule has 0 bridgehead atoms. The number of esters is 1. The van der Waals surface area contributed by atoms with Gasteiger partial charge in [-0.15, -0.1) is 0 Å². The van der Waals surface area contributed by atoms with E-state index in [0.717, 1.165) is 70.6 Å². The van der Waals surface area contributed by atoms with Crippen molar-refractivity contribution in [3.8, 4) is 0 Å². The molecule has 38 heavy (non-hydrogen) atoms. The summed E-state index contributed by atoms with van der Waals surface area (Å²) in [5.74, 6) is 0.872.